The molecule has 0 saturated heterocycles. The van der Waals surface area contributed by atoms with Crippen LogP contribution in [0.4, 0.5) is 0 Å². The Morgan fingerprint density at radius 2 is 2.14 bits per heavy atom. The maximum Gasteiger partial charge on any atom is 0.263 e. The molecule has 0 aliphatic heterocycles. The highest BCUT2D eigenvalue weighted by Crippen LogP contribution is 2.34. The number of aliphatic hydroxyl groups excluding tert-OH is 1. The van der Waals surface area contributed by atoms with Gasteiger partial charge in [-0.05, 0) is 38.5 Å². The molecule has 0 aromatic carbocycles. The molecule has 2 heterocycles. The first-order chi connectivity index (χ1) is 10.4. The molecule has 6 nitrogen and oxygen atoms in total. The number of ketones is 1. The van der Waals surface area contributed by atoms with Crippen molar-refractivity contribution in [2.24, 2.45) is 0 Å². The molecule has 1 N–H and O–H groups in total. The van der Waals surface area contributed by atoms with Gasteiger partial charge in [-0.15, -0.1) is 0 Å². The summed E-state index contributed by atoms with van der Waals surface area (Å²) >= 11 is 1.40. The van der Waals surface area contributed by atoms with Crippen LogP contribution in [0.25, 0.3) is 11.0 Å². The van der Waals surface area contributed by atoms with Crippen LogP contribution in [0.1, 0.15) is 41.7 Å². The summed E-state index contributed by atoms with van der Waals surface area (Å²) in [6.45, 7) is 3.15. The zero-order valence-corrected chi connectivity index (χ0v) is 13.5. The summed E-state index contributed by atoms with van der Waals surface area (Å²) in [6, 6.07) is -0.117. The highest BCUT2D eigenvalue weighted by Gasteiger charge is 2.32. The van der Waals surface area contributed by atoms with Gasteiger partial charge >= 0.3 is 0 Å². The third kappa shape index (κ3) is 2.24. The quantitative estimate of drug-likeness (QED) is 0.527. The van der Waals surface area contributed by atoms with Crippen LogP contribution in [0, 0.1) is 6.92 Å². The van der Waals surface area contributed by atoms with Crippen molar-refractivity contribution in [1.82, 2.24) is 14.5 Å². The molecule has 1 aliphatic rings. The molecule has 0 amide bonds. The van der Waals surface area contributed by atoms with Crippen LogP contribution in [0.5, 0.6) is 0 Å². The molecule has 116 valence electrons. The van der Waals surface area contributed by atoms with Gasteiger partial charge in [0, 0.05) is 17.6 Å². The van der Waals surface area contributed by atoms with Gasteiger partial charge in [-0.1, -0.05) is 11.8 Å². The van der Waals surface area contributed by atoms with Crippen molar-refractivity contribution in [2.75, 3.05) is 6.26 Å². The lowest BCUT2D eigenvalue weighted by atomic mass is 9.88. The van der Waals surface area contributed by atoms with Crippen molar-refractivity contribution in [3.63, 3.8) is 0 Å². The summed E-state index contributed by atoms with van der Waals surface area (Å²) in [7, 11) is 0. The average Bonchev–Trinajstić information content (AvgIpc) is 2.44. The minimum Gasteiger partial charge on any atom is -0.393 e. The van der Waals surface area contributed by atoms with Crippen LogP contribution < -0.4 is 5.56 Å². The Balaban J connectivity index is 2.37. The Labute approximate surface area is 131 Å². The summed E-state index contributed by atoms with van der Waals surface area (Å²) < 4.78 is 1.56. The first-order valence-electron chi connectivity index (χ1n) is 7.08. The third-order valence-corrected chi connectivity index (χ3v) is 4.74. The maximum absolute atomic E-state index is 12.8. The molecule has 0 spiro atoms. The molecule has 22 heavy (non-hydrogen) atoms. The maximum atomic E-state index is 12.8. The van der Waals surface area contributed by atoms with Crippen molar-refractivity contribution < 1.29 is 9.90 Å². The van der Waals surface area contributed by atoms with Gasteiger partial charge in [-0.3, -0.25) is 14.2 Å². The van der Waals surface area contributed by atoms with Crippen molar-refractivity contribution in [2.45, 2.75) is 44.0 Å². The second kappa shape index (κ2) is 5.48. The number of pyridine rings is 1. The summed E-state index contributed by atoms with van der Waals surface area (Å²) in [5, 5.41) is 10.8. The highest BCUT2D eigenvalue weighted by molar-refractivity contribution is 7.98. The first kappa shape index (κ1) is 15.2. The summed E-state index contributed by atoms with van der Waals surface area (Å²) in [4.78, 5) is 33.4. The standard InChI is InChI=1S/C15H17N3O3S/c1-7-11-6-16-15(22-3)17-13(11)18(9-4-10(20)5-9)14(21)12(7)8(2)19/h6,9-10,20H,4-5H2,1-3H3/t9-,10-. The highest BCUT2D eigenvalue weighted by atomic mass is 32.2. The van der Waals surface area contributed by atoms with E-state index in [1.165, 1.54) is 18.7 Å². The van der Waals surface area contributed by atoms with E-state index < -0.39 is 6.10 Å². The minimum atomic E-state index is -0.393. The number of fused-ring (bicyclic) bond motifs is 1. The number of Topliss-reactive ketones (excluding diaryl/α,β-unsaturated/α-hetero) is 1. The topological polar surface area (TPSA) is 85.1 Å². The van der Waals surface area contributed by atoms with Crippen LogP contribution in [-0.4, -0.2) is 37.8 Å². The minimum absolute atomic E-state index is 0.117. The van der Waals surface area contributed by atoms with Gasteiger partial charge < -0.3 is 5.11 Å². The fraction of sp³-hybridized carbons (Fsp3) is 0.467. The normalized spacial score (nSPS) is 20.9. The zero-order valence-electron chi connectivity index (χ0n) is 12.7. The molecule has 2 aromatic rings. The molecule has 2 aromatic heterocycles. The van der Waals surface area contributed by atoms with Gasteiger partial charge in [0.05, 0.1) is 11.7 Å². The molecule has 1 saturated carbocycles. The monoisotopic (exact) mass is 319 g/mol. The first-order valence-corrected chi connectivity index (χ1v) is 8.31. The smallest absolute Gasteiger partial charge is 0.263 e. The third-order valence-electron chi connectivity index (χ3n) is 4.17. The van der Waals surface area contributed by atoms with Gasteiger partial charge in [-0.25, -0.2) is 9.97 Å². The molecule has 0 atom stereocenters. The van der Waals surface area contributed by atoms with E-state index in [0.29, 0.717) is 34.6 Å². The Bertz CT molecular complexity index is 825. The van der Waals surface area contributed by atoms with Crippen molar-refractivity contribution >= 4 is 28.6 Å². The largest absolute Gasteiger partial charge is 0.393 e. The zero-order chi connectivity index (χ0) is 16.0. The Hall–Kier alpha value is -1.73. The van der Waals surface area contributed by atoms with Gasteiger partial charge in [0.1, 0.15) is 5.65 Å². The fourth-order valence-corrected chi connectivity index (χ4v) is 3.27. The second-order valence-electron chi connectivity index (χ2n) is 5.60. The van der Waals surface area contributed by atoms with Crippen molar-refractivity contribution in [3.8, 4) is 0 Å². The SMILES string of the molecule is CSc1ncc2c(C)c(C(C)=O)c(=O)n([C@H]3C[C@H](O)C3)c2n1. The van der Waals surface area contributed by atoms with Gasteiger partial charge in [0.2, 0.25) is 0 Å². The number of carbonyl (C=O) groups is 1. The van der Waals surface area contributed by atoms with E-state index in [9.17, 15) is 14.7 Å². The van der Waals surface area contributed by atoms with Gasteiger partial charge in [0.25, 0.3) is 5.56 Å². The average molecular weight is 319 g/mol. The lowest BCUT2D eigenvalue weighted by Crippen LogP contribution is -2.39. The van der Waals surface area contributed by atoms with Crippen LogP contribution in [0.15, 0.2) is 16.1 Å². The Morgan fingerprint density at radius 3 is 2.68 bits per heavy atom. The van der Waals surface area contributed by atoms with Crippen molar-refractivity contribution in [3.05, 3.63) is 27.7 Å². The number of nitrogens with zero attached hydrogens (tertiary/aromatic N) is 3. The van der Waals surface area contributed by atoms with Crippen LogP contribution in [0.3, 0.4) is 0 Å². The molecule has 0 bridgehead atoms. The van der Waals surface area contributed by atoms with Crippen molar-refractivity contribution in [1.29, 1.82) is 0 Å². The number of aromatic nitrogens is 3. The number of rotatable bonds is 3. The van der Waals surface area contributed by atoms with E-state index in [0.717, 1.165) is 0 Å². The molecular formula is C15H17N3O3S. The van der Waals surface area contributed by atoms with Crippen LogP contribution in [0.2, 0.25) is 0 Å². The number of hydrogen-bond donors (Lipinski definition) is 1. The number of aliphatic hydroxyl groups is 1. The van der Waals surface area contributed by atoms with E-state index in [1.54, 1.807) is 17.7 Å². The molecular weight excluding hydrogens is 302 g/mol. The Morgan fingerprint density at radius 1 is 1.45 bits per heavy atom. The lowest BCUT2D eigenvalue weighted by molar-refractivity contribution is 0.0486. The van der Waals surface area contributed by atoms with E-state index in [2.05, 4.69) is 9.97 Å². The number of aryl methyl sites for hydroxylation is 1. The molecule has 3 rings (SSSR count). The van der Waals surface area contributed by atoms with E-state index >= 15 is 0 Å². The fourth-order valence-electron chi connectivity index (χ4n) is 2.94. The van der Waals surface area contributed by atoms with Gasteiger partial charge in [0.15, 0.2) is 10.9 Å². The lowest BCUT2D eigenvalue weighted by Gasteiger charge is -2.34. The molecule has 0 radical (unpaired) electrons. The van der Waals surface area contributed by atoms with Crippen LogP contribution >= 0.6 is 11.8 Å². The summed E-state index contributed by atoms with van der Waals surface area (Å²) in [5.74, 6) is -0.257. The summed E-state index contributed by atoms with van der Waals surface area (Å²) in [6.07, 6.45) is 4.16. The predicted octanol–water partition coefficient (Wildman–Crippen LogP) is 1.72. The number of thioether (sulfide) groups is 1. The molecule has 1 aliphatic carbocycles. The van der Waals surface area contributed by atoms with E-state index in [4.69, 9.17) is 0 Å². The molecule has 7 heteroatoms. The predicted molar refractivity (Wildman–Crippen MR) is 84.6 cm³/mol. The van der Waals surface area contributed by atoms with Crippen LogP contribution in [-0.2, 0) is 0 Å². The van der Waals surface area contributed by atoms with E-state index in [1.807, 2.05) is 6.26 Å². The van der Waals surface area contributed by atoms with E-state index in [-0.39, 0.29) is 22.9 Å². The Kier molecular flexibility index (Phi) is 3.78. The molecule has 1 fully saturated rings. The molecule has 0 unspecified atom stereocenters. The number of hydrogen-bond acceptors (Lipinski definition) is 6. The second-order valence-corrected chi connectivity index (χ2v) is 6.38. The van der Waals surface area contributed by atoms with Gasteiger partial charge in [-0.2, -0.15) is 0 Å². The number of carbonyl (C=O) groups excluding carboxylic acids is 1. The summed E-state index contributed by atoms with van der Waals surface area (Å²) in [5.41, 5.74) is 1.04.